The van der Waals surface area contributed by atoms with Gasteiger partial charge in [0.2, 0.25) is 0 Å². The van der Waals surface area contributed by atoms with E-state index in [1.54, 1.807) is 4.90 Å². The highest BCUT2D eigenvalue weighted by atomic mass is 16.2. The molecule has 0 saturated carbocycles. The monoisotopic (exact) mass is 204 g/mol. The number of benzene rings is 1. The van der Waals surface area contributed by atoms with Crippen molar-refractivity contribution in [2.24, 2.45) is 5.73 Å². The molecule has 0 spiro atoms. The summed E-state index contributed by atoms with van der Waals surface area (Å²) in [6.07, 6.45) is 2.96. The third-order valence-corrected chi connectivity index (χ3v) is 2.96. The molecule has 0 unspecified atom stereocenters. The van der Waals surface area contributed by atoms with E-state index in [1.165, 1.54) is 11.1 Å². The fourth-order valence-electron chi connectivity index (χ4n) is 2.09. The summed E-state index contributed by atoms with van der Waals surface area (Å²) in [4.78, 5) is 12.8. The summed E-state index contributed by atoms with van der Waals surface area (Å²) < 4.78 is 0. The van der Waals surface area contributed by atoms with Gasteiger partial charge >= 0.3 is 6.03 Å². The average molecular weight is 204 g/mol. The highest BCUT2D eigenvalue weighted by Gasteiger charge is 2.13. The van der Waals surface area contributed by atoms with Crippen LogP contribution in [0.4, 0.5) is 4.79 Å². The number of nitrogens with two attached hydrogens (primary N) is 1. The van der Waals surface area contributed by atoms with Crippen LogP contribution in [-0.2, 0) is 12.8 Å². The maximum Gasteiger partial charge on any atom is 0.314 e. The largest absolute Gasteiger partial charge is 0.351 e. The number of carbonyl (C=O) groups is 1. The zero-order chi connectivity index (χ0) is 10.7. The molecule has 0 fully saturated rings. The van der Waals surface area contributed by atoms with Gasteiger partial charge < -0.3 is 10.6 Å². The Kier molecular flexibility index (Phi) is 2.90. The summed E-state index contributed by atoms with van der Waals surface area (Å²) in [6.45, 7) is 1.52. The van der Waals surface area contributed by atoms with Gasteiger partial charge in [0.05, 0.1) is 0 Å². The van der Waals surface area contributed by atoms with Crippen LogP contribution in [0.1, 0.15) is 17.5 Å². The molecule has 0 aliphatic carbocycles. The molecule has 15 heavy (non-hydrogen) atoms. The van der Waals surface area contributed by atoms with Crippen molar-refractivity contribution in [3.63, 3.8) is 0 Å². The second-order valence-corrected chi connectivity index (χ2v) is 3.95. The molecular formula is C12H16N2O. The van der Waals surface area contributed by atoms with E-state index in [9.17, 15) is 4.79 Å². The topological polar surface area (TPSA) is 46.3 Å². The SMILES string of the molecule is NC(=O)N1CCCc2ccccc2CC1. The highest BCUT2D eigenvalue weighted by molar-refractivity contribution is 5.72. The van der Waals surface area contributed by atoms with Crippen molar-refractivity contribution < 1.29 is 4.79 Å². The lowest BCUT2D eigenvalue weighted by atomic mass is 9.98. The Hall–Kier alpha value is -1.51. The van der Waals surface area contributed by atoms with E-state index in [0.29, 0.717) is 0 Å². The number of fused-ring (bicyclic) bond motifs is 1. The summed E-state index contributed by atoms with van der Waals surface area (Å²) in [5.41, 5.74) is 8.06. The molecule has 2 N–H and O–H groups in total. The lowest BCUT2D eigenvalue weighted by molar-refractivity contribution is 0.206. The number of hydrogen-bond acceptors (Lipinski definition) is 1. The molecule has 1 aliphatic rings. The number of nitrogens with zero attached hydrogens (tertiary/aromatic N) is 1. The predicted molar refractivity (Wildman–Crippen MR) is 59.6 cm³/mol. The number of rotatable bonds is 0. The number of hydrogen-bond donors (Lipinski definition) is 1. The quantitative estimate of drug-likeness (QED) is 0.685. The van der Waals surface area contributed by atoms with Gasteiger partial charge in [-0.1, -0.05) is 24.3 Å². The van der Waals surface area contributed by atoms with E-state index in [4.69, 9.17) is 5.73 Å². The lowest BCUT2D eigenvalue weighted by Gasteiger charge is -2.24. The first-order chi connectivity index (χ1) is 7.27. The molecule has 1 aromatic rings. The Morgan fingerprint density at radius 3 is 2.47 bits per heavy atom. The summed E-state index contributed by atoms with van der Waals surface area (Å²) in [5.74, 6) is 0. The van der Waals surface area contributed by atoms with Gasteiger partial charge in [0.1, 0.15) is 0 Å². The molecule has 1 aromatic carbocycles. The minimum absolute atomic E-state index is 0.297. The number of urea groups is 1. The summed E-state index contributed by atoms with van der Waals surface area (Å²) in [5, 5.41) is 0. The Morgan fingerprint density at radius 1 is 1.13 bits per heavy atom. The zero-order valence-corrected chi connectivity index (χ0v) is 8.78. The molecular weight excluding hydrogens is 188 g/mol. The van der Waals surface area contributed by atoms with Crippen molar-refractivity contribution in [2.45, 2.75) is 19.3 Å². The van der Waals surface area contributed by atoms with Gasteiger partial charge in [-0.3, -0.25) is 0 Å². The van der Waals surface area contributed by atoms with Gasteiger partial charge in [-0.15, -0.1) is 0 Å². The van der Waals surface area contributed by atoms with Gasteiger partial charge in [0.15, 0.2) is 0 Å². The Bertz CT molecular complexity index is 362. The van der Waals surface area contributed by atoms with Crippen LogP contribution < -0.4 is 5.73 Å². The number of primary amides is 1. The molecule has 80 valence electrons. The molecule has 2 amide bonds. The normalized spacial score (nSPS) is 16.4. The fraction of sp³-hybridized carbons (Fsp3) is 0.417. The molecule has 0 atom stereocenters. The fourth-order valence-corrected chi connectivity index (χ4v) is 2.09. The van der Waals surface area contributed by atoms with Gasteiger partial charge in [0.25, 0.3) is 0 Å². The van der Waals surface area contributed by atoms with Crippen molar-refractivity contribution >= 4 is 6.03 Å². The second-order valence-electron chi connectivity index (χ2n) is 3.95. The van der Waals surface area contributed by atoms with Gasteiger partial charge in [-0.2, -0.15) is 0 Å². The van der Waals surface area contributed by atoms with Crippen molar-refractivity contribution in [3.05, 3.63) is 35.4 Å². The van der Waals surface area contributed by atoms with Gasteiger partial charge in [0, 0.05) is 13.1 Å². The molecule has 0 aromatic heterocycles. The van der Waals surface area contributed by atoms with Crippen molar-refractivity contribution in [3.8, 4) is 0 Å². The summed E-state index contributed by atoms with van der Waals surface area (Å²) in [7, 11) is 0. The van der Waals surface area contributed by atoms with Crippen LogP contribution in [0.15, 0.2) is 24.3 Å². The second kappa shape index (κ2) is 4.34. The van der Waals surface area contributed by atoms with Crippen LogP contribution in [0.5, 0.6) is 0 Å². The molecule has 3 nitrogen and oxygen atoms in total. The van der Waals surface area contributed by atoms with Crippen LogP contribution >= 0.6 is 0 Å². The Balaban J connectivity index is 2.14. The average Bonchev–Trinajstić information content (AvgIpc) is 2.18. The van der Waals surface area contributed by atoms with Gasteiger partial charge in [-0.25, -0.2) is 4.79 Å². The van der Waals surface area contributed by atoms with E-state index < -0.39 is 0 Å². The van der Waals surface area contributed by atoms with E-state index in [1.807, 2.05) is 0 Å². The minimum Gasteiger partial charge on any atom is -0.351 e. The van der Waals surface area contributed by atoms with E-state index in [0.717, 1.165) is 32.4 Å². The molecule has 0 bridgehead atoms. The first kappa shape index (κ1) is 10.0. The molecule has 3 heteroatoms. The zero-order valence-electron chi connectivity index (χ0n) is 8.78. The number of aryl methyl sites for hydroxylation is 1. The summed E-state index contributed by atoms with van der Waals surface area (Å²) in [6, 6.07) is 8.14. The maximum absolute atomic E-state index is 11.1. The number of carbonyl (C=O) groups excluding carboxylic acids is 1. The Labute approximate surface area is 89.9 Å². The highest BCUT2D eigenvalue weighted by Crippen LogP contribution is 2.15. The van der Waals surface area contributed by atoms with Crippen LogP contribution in [-0.4, -0.2) is 24.0 Å². The van der Waals surface area contributed by atoms with Crippen molar-refractivity contribution in [2.75, 3.05) is 13.1 Å². The van der Waals surface area contributed by atoms with Crippen molar-refractivity contribution in [1.29, 1.82) is 0 Å². The molecule has 1 heterocycles. The molecule has 0 saturated heterocycles. The maximum atomic E-state index is 11.1. The van der Waals surface area contributed by atoms with Crippen LogP contribution in [0.25, 0.3) is 0 Å². The molecule has 0 radical (unpaired) electrons. The smallest absolute Gasteiger partial charge is 0.314 e. The van der Waals surface area contributed by atoms with E-state index in [2.05, 4.69) is 24.3 Å². The lowest BCUT2D eigenvalue weighted by Crippen LogP contribution is -2.39. The van der Waals surface area contributed by atoms with E-state index >= 15 is 0 Å². The predicted octanol–water partition coefficient (Wildman–Crippen LogP) is 1.56. The van der Waals surface area contributed by atoms with Crippen molar-refractivity contribution in [1.82, 2.24) is 4.90 Å². The molecule has 1 aliphatic heterocycles. The van der Waals surface area contributed by atoms with Crippen LogP contribution in [0, 0.1) is 0 Å². The van der Waals surface area contributed by atoms with Crippen LogP contribution in [0.2, 0.25) is 0 Å². The molecule has 2 rings (SSSR count). The first-order valence-electron chi connectivity index (χ1n) is 5.38. The van der Waals surface area contributed by atoms with Gasteiger partial charge in [-0.05, 0) is 30.4 Å². The third kappa shape index (κ3) is 2.29. The Morgan fingerprint density at radius 2 is 1.80 bits per heavy atom. The third-order valence-electron chi connectivity index (χ3n) is 2.96. The minimum atomic E-state index is -0.297. The standard InChI is InChI=1S/C12H16N2O/c13-12(15)14-8-3-6-10-4-1-2-5-11(10)7-9-14/h1-2,4-5H,3,6-9H2,(H2,13,15). The summed E-state index contributed by atoms with van der Waals surface area (Å²) >= 11 is 0. The first-order valence-corrected chi connectivity index (χ1v) is 5.38. The van der Waals surface area contributed by atoms with Crippen LogP contribution in [0.3, 0.4) is 0 Å². The van der Waals surface area contributed by atoms with E-state index in [-0.39, 0.29) is 6.03 Å². The number of amides is 2.